The number of amides is 1. The van der Waals surface area contributed by atoms with Crippen molar-refractivity contribution >= 4 is 48.3 Å². The van der Waals surface area contributed by atoms with Gasteiger partial charge in [-0.1, -0.05) is 41.7 Å². The minimum Gasteiger partial charge on any atom is -0.308 e. The lowest BCUT2D eigenvalue weighted by Gasteiger charge is -2.22. The largest absolute Gasteiger partial charge is 0.308 e. The summed E-state index contributed by atoms with van der Waals surface area (Å²) in [5.74, 6) is -0.221. The normalized spacial score (nSPS) is 11.6. The maximum absolute atomic E-state index is 13.5. The van der Waals surface area contributed by atoms with Crippen LogP contribution in [-0.4, -0.2) is 58.4 Å². The molecule has 0 unspecified atom stereocenters. The van der Waals surface area contributed by atoms with Crippen LogP contribution in [0.15, 0.2) is 83.8 Å². The molecule has 0 spiro atoms. The quantitative estimate of drug-likeness (QED) is 0.365. The second-order valence-corrected chi connectivity index (χ2v) is 11.0. The van der Waals surface area contributed by atoms with Gasteiger partial charge in [-0.25, -0.2) is 13.4 Å². The lowest BCUT2D eigenvalue weighted by atomic mass is 10.2. The number of hydrogen-bond donors (Lipinski definition) is 0. The summed E-state index contributed by atoms with van der Waals surface area (Å²) in [5, 5.41) is 0.619. The summed E-state index contributed by atoms with van der Waals surface area (Å²) in [6.45, 7) is 1.12. The molecule has 0 radical (unpaired) electrons. The van der Waals surface area contributed by atoms with Crippen LogP contribution in [0, 0.1) is 0 Å². The Morgan fingerprint density at radius 2 is 1.50 bits per heavy atom. The molecular weight excluding hydrogens is 468 g/mol. The van der Waals surface area contributed by atoms with Crippen LogP contribution in [0.1, 0.15) is 10.4 Å². The number of para-hydroxylation sites is 2. The third-order valence-electron chi connectivity index (χ3n) is 5.41. The molecule has 0 saturated heterocycles. The van der Waals surface area contributed by atoms with Crippen LogP contribution in [0.4, 0.5) is 10.8 Å². The van der Waals surface area contributed by atoms with Gasteiger partial charge >= 0.3 is 0 Å². The number of aromatic nitrogens is 1. The predicted octanol–water partition coefficient (Wildman–Crippen LogP) is 4.33. The van der Waals surface area contributed by atoms with E-state index in [2.05, 4.69) is 4.98 Å². The number of carbonyl (C=O) groups excluding carboxylic acids is 1. The van der Waals surface area contributed by atoms with Crippen molar-refractivity contribution in [3.8, 4) is 0 Å². The minimum atomic E-state index is -3.75. The first-order valence-electron chi connectivity index (χ1n) is 10.7. The molecule has 0 N–H and O–H groups in total. The molecule has 0 aliphatic carbocycles. The fraction of sp³-hybridized carbons (Fsp3) is 0.200. The first-order chi connectivity index (χ1) is 16.3. The summed E-state index contributed by atoms with van der Waals surface area (Å²) in [6, 6.07) is 22.7. The summed E-state index contributed by atoms with van der Waals surface area (Å²) in [5.41, 5.74) is 1.81. The summed E-state index contributed by atoms with van der Waals surface area (Å²) >= 11 is 1.46. The molecule has 4 rings (SSSR count). The molecular formula is C25H26N4O3S2. The molecule has 7 nitrogen and oxygen atoms in total. The number of nitrogens with zero attached hydrogens (tertiary/aromatic N) is 4. The summed E-state index contributed by atoms with van der Waals surface area (Å²) in [6.07, 6.45) is 0. The standard InChI is InChI=1S/C25H26N4O3S2/c1-27(2)17-18-29(25-26-22-11-7-8-12-23(22)33-25)24(30)19-13-15-21(16-14-19)34(31,32)28(3)20-9-5-4-6-10-20/h4-16H,17-18H2,1-3H3. The number of thiazole rings is 1. The van der Waals surface area contributed by atoms with Crippen molar-refractivity contribution < 1.29 is 13.2 Å². The minimum absolute atomic E-state index is 0.121. The molecule has 1 aromatic heterocycles. The maximum atomic E-state index is 13.5. The number of likely N-dealkylation sites (N-methyl/N-ethyl adjacent to an activating group) is 1. The Labute approximate surface area is 203 Å². The topological polar surface area (TPSA) is 73.8 Å². The number of sulfonamides is 1. The van der Waals surface area contributed by atoms with Crippen molar-refractivity contribution in [1.29, 1.82) is 0 Å². The zero-order valence-corrected chi connectivity index (χ0v) is 20.9. The van der Waals surface area contributed by atoms with E-state index in [-0.39, 0.29) is 10.8 Å². The summed E-state index contributed by atoms with van der Waals surface area (Å²) in [7, 11) is 1.66. The first-order valence-corrected chi connectivity index (χ1v) is 13.0. The van der Waals surface area contributed by atoms with Crippen LogP contribution in [0.25, 0.3) is 10.2 Å². The number of anilines is 2. The van der Waals surface area contributed by atoms with Gasteiger partial charge < -0.3 is 4.90 Å². The van der Waals surface area contributed by atoms with Crippen molar-refractivity contribution in [2.24, 2.45) is 0 Å². The van der Waals surface area contributed by atoms with Crippen LogP contribution in [0.5, 0.6) is 0 Å². The molecule has 0 aliphatic heterocycles. The Bertz CT molecular complexity index is 1350. The zero-order valence-electron chi connectivity index (χ0n) is 19.2. The van der Waals surface area contributed by atoms with Crippen molar-refractivity contribution in [1.82, 2.24) is 9.88 Å². The molecule has 0 bridgehead atoms. The molecule has 1 amide bonds. The average molecular weight is 495 g/mol. The highest BCUT2D eigenvalue weighted by Gasteiger charge is 2.24. The fourth-order valence-corrected chi connectivity index (χ4v) is 5.61. The average Bonchev–Trinajstić information content (AvgIpc) is 3.28. The van der Waals surface area contributed by atoms with E-state index in [1.807, 2.05) is 49.3 Å². The van der Waals surface area contributed by atoms with Crippen LogP contribution < -0.4 is 9.21 Å². The Morgan fingerprint density at radius 1 is 0.853 bits per heavy atom. The Morgan fingerprint density at radius 3 is 2.15 bits per heavy atom. The van der Waals surface area contributed by atoms with Gasteiger partial charge in [-0.05, 0) is 62.6 Å². The van der Waals surface area contributed by atoms with Crippen LogP contribution in [0.3, 0.4) is 0 Å². The number of rotatable bonds is 8. The monoisotopic (exact) mass is 494 g/mol. The molecule has 0 aliphatic rings. The molecule has 0 fully saturated rings. The molecule has 0 atom stereocenters. The number of benzene rings is 3. The number of fused-ring (bicyclic) bond motifs is 1. The van der Waals surface area contributed by atoms with Crippen LogP contribution in [-0.2, 0) is 10.0 Å². The molecule has 3 aromatic carbocycles. The van der Waals surface area contributed by atoms with Gasteiger partial charge in [0.15, 0.2) is 5.13 Å². The molecule has 34 heavy (non-hydrogen) atoms. The Balaban J connectivity index is 1.62. The Hall–Kier alpha value is -3.27. The highest BCUT2D eigenvalue weighted by Crippen LogP contribution is 2.30. The van der Waals surface area contributed by atoms with Crippen molar-refractivity contribution in [2.75, 3.05) is 43.4 Å². The summed E-state index contributed by atoms with van der Waals surface area (Å²) < 4.78 is 28.4. The lowest BCUT2D eigenvalue weighted by Crippen LogP contribution is -2.36. The number of hydrogen-bond acceptors (Lipinski definition) is 6. The van der Waals surface area contributed by atoms with Gasteiger partial charge in [0.05, 0.1) is 20.8 Å². The van der Waals surface area contributed by atoms with Gasteiger partial charge in [0.1, 0.15) is 0 Å². The molecule has 0 saturated carbocycles. The van der Waals surface area contributed by atoms with E-state index in [1.165, 1.54) is 34.8 Å². The third-order valence-corrected chi connectivity index (χ3v) is 8.27. The van der Waals surface area contributed by atoms with E-state index >= 15 is 0 Å². The first kappa shape index (κ1) is 23.9. The highest BCUT2D eigenvalue weighted by atomic mass is 32.2. The second kappa shape index (κ2) is 9.92. The van der Waals surface area contributed by atoms with Crippen molar-refractivity contribution in [2.45, 2.75) is 4.90 Å². The van der Waals surface area contributed by atoms with E-state index in [9.17, 15) is 13.2 Å². The molecule has 9 heteroatoms. The van der Waals surface area contributed by atoms with E-state index in [0.717, 1.165) is 10.2 Å². The van der Waals surface area contributed by atoms with Crippen LogP contribution >= 0.6 is 11.3 Å². The second-order valence-electron chi connectivity index (χ2n) is 8.06. The van der Waals surface area contributed by atoms with Crippen molar-refractivity contribution in [3.05, 3.63) is 84.4 Å². The smallest absolute Gasteiger partial charge is 0.264 e. The van der Waals surface area contributed by atoms with Gasteiger partial charge in [0.2, 0.25) is 0 Å². The fourth-order valence-electron chi connectivity index (χ4n) is 3.42. The van der Waals surface area contributed by atoms with E-state index < -0.39 is 10.0 Å². The lowest BCUT2D eigenvalue weighted by molar-refractivity contribution is 0.0985. The van der Waals surface area contributed by atoms with Gasteiger partial charge in [-0.2, -0.15) is 0 Å². The third kappa shape index (κ3) is 4.96. The molecule has 1 heterocycles. The van der Waals surface area contributed by atoms with E-state index in [4.69, 9.17) is 0 Å². The van der Waals surface area contributed by atoms with Gasteiger partial charge in [0.25, 0.3) is 15.9 Å². The van der Waals surface area contributed by atoms with Crippen molar-refractivity contribution in [3.63, 3.8) is 0 Å². The Kier molecular flexibility index (Phi) is 6.97. The zero-order chi connectivity index (χ0) is 24.3. The highest BCUT2D eigenvalue weighted by molar-refractivity contribution is 7.92. The molecule has 176 valence electrons. The van der Waals surface area contributed by atoms with E-state index in [0.29, 0.717) is 29.5 Å². The van der Waals surface area contributed by atoms with Gasteiger partial charge in [-0.3, -0.25) is 14.0 Å². The predicted molar refractivity (Wildman–Crippen MR) is 138 cm³/mol. The number of carbonyl (C=O) groups is 1. The van der Waals surface area contributed by atoms with Gasteiger partial charge in [0, 0.05) is 25.7 Å². The van der Waals surface area contributed by atoms with Crippen LogP contribution in [0.2, 0.25) is 0 Å². The van der Waals surface area contributed by atoms with E-state index in [1.54, 1.807) is 41.3 Å². The molecule has 4 aromatic rings. The maximum Gasteiger partial charge on any atom is 0.264 e. The van der Waals surface area contributed by atoms with Gasteiger partial charge in [-0.15, -0.1) is 0 Å². The SMILES string of the molecule is CN(C)CCN(C(=O)c1ccc(S(=O)(=O)N(C)c2ccccc2)cc1)c1nc2ccccc2s1. The summed E-state index contributed by atoms with van der Waals surface area (Å²) in [4.78, 5) is 21.9.